The molecular formula is C21H32FN7S. The summed E-state index contributed by atoms with van der Waals surface area (Å²) in [7, 11) is 0. The van der Waals surface area contributed by atoms with Gasteiger partial charge in [0.1, 0.15) is 10.8 Å². The van der Waals surface area contributed by atoms with Crippen LogP contribution in [0.25, 0.3) is 0 Å². The first-order valence-electron chi connectivity index (χ1n) is 10.3. The zero-order valence-corrected chi connectivity index (χ0v) is 19.0. The molecular weight excluding hydrogens is 401 g/mol. The minimum Gasteiger partial charge on any atom is -0.382 e. The number of aromatic nitrogens is 1. The predicted molar refractivity (Wildman–Crippen MR) is 122 cm³/mol. The molecule has 0 saturated carbocycles. The molecule has 5 N–H and O–H groups in total. The first-order valence-corrected chi connectivity index (χ1v) is 11.1. The minimum atomic E-state index is -0.368. The lowest BCUT2D eigenvalue weighted by atomic mass is 9.98. The maximum atomic E-state index is 15.1. The zero-order valence-electron chi connectivity index (χ0n) is 18.2. The third-order valence-electron chi connectivity index (χ3n) is 5.33. The van der Waals surface area contributed by atoms with Crippen LogP contribution in [0.1, 0.15) is 41.8 Å². The van der Waals surface area contributed by atoms with Crippen molar-refractivity contribution in [2.75, 3.05) is 24.5 Å². The van der Waals surface area contributed by atoms with Crippen LogP contribution in [0.5, 0.6) is 0 Å². The van der Waals surface area contributed by atoms with Gasteiger partial charge in [0.25, 0.3) is 0 Å². The van der Waals surface area contributed by atoms with E-state index in [0.717, 1.165) is 48.9 Å². The van der Waals surface area contributed by atoms with Crippen molar-refractivity contribution < 1.29 is 4.39 Å². The van der Waals surface area contributed by atoms with Gasteiger partial charge in [-0.15, -0.1) is 16.4 Å². The molecule has 30 heavy (non-hydrogen) atoms. The first-order chi connectivity index (χ1) is 14.3. The number of piperazine rings is 1. The van der Waals surface area contributed by atoms with Crippen LogP contribution >= 0.6 is 11.3 Å². The van der Waals surface area contributed by atoms with E-state index >= 15 is 4.39 Å². The van der Waals surface area contributed by atoms with Gasteiger partial charge in [0, 0.05) is 36.8 Å². The van der Waals surface area contributed by atoms with Crippen LogP contribution < -0.4 is 22.0 Å². The highest BCUT2D eigenvalue weighted by Gasteiger charge is 2.28. The largest absolute Gasteiger partial charge is 0.382 e. The average Bonchev–Trinajstić information content (AvgIpc) is 3.07. The second-order valence-corrected chi connectivity index (χ2v) is 9.65. The lowest BCUT2D eigenvalue weighted by Gasteiger charge is -2.41. The van der Waals surface area contributed by atoms with Gasteiger partial charge in [0.15, 0.2) is 5.84 Å². The summed E-state index contributed by atoms with van der Waals surface area (Å²) in [4.78, 5) is 10.3. The van der Waals surface area contributed by atoms with Crippen molar-refractivity contribution in [1.29, 1.82) is 0 Å². The number of nitrogens with two attached hydrogens (primary N) is 2. The highest BCUT2D eigenvalue weighted by atomic mass is 32.1. The monoisotopic (exact) mass is 433 g/mol. The Labute approximate surface area is 181 Å². The summed E-state index contributed by atoms with van der Waals surface area (Å²) in [5, 5.41) is 4.96. The summed E-state index contributed by atoms with van der Waals surface area (Å²) in [6.07, 6.45) is 2.72. The Balaban J connectivity index is 1.86. The highest BCUT2D eigenvalue weighted by molar-refractivity contribution is 7.11. The smallest absolute Gasteiger partial charge is 0.157 e. The molecule has 9 heteroatoms. The van der Waals surface area contributed by atoms with Gasteiger partial charge in [-0.2, -0.15) is 0 Å². The van der Waals surface area contributed by atoms with E-state index in [2.05, 4.69) is 53.1 Å². The number of benzene rings is 1. The van der Waals surface area contributed by atoms with Crippen LogP contribution in [0.15, 0.2) is 23.4 Å². The van der Waals surface area contributed by atoms with Gasteiger partial charge in [-0.25, -0.2) is 20.8 Å². The van der Waals surface area contributed by atoms with Gasteiger partial charge in [0.05, 0.1) is 17.8 Å². The van der Waals surface area contributed by atoms with E-state index in [-0.39, 0.29) is 11.7 Å². The number of hydrazine groups is 1. The molecule has 7 nitrogen and oxygen atoms in total. The molecule has 3 rings (SSSR count). The minimum absolute atomic E-state index is 0.0504. The molecule has 1 aromatic carbocycles. The maximum absolute atomic E-state index is 15.1. The van der Waals surface area contributed by atoms with Gasteiger partial charge in [-0.05, 0) is 43.9 Å². The SMILES string of the molecule is Cc1cnc(CN2CCN(c3cc(CC(C)C)cc(F)c3/C(N)=N/NN)C[C@@H]2C)s1. The zero-order chi connectivity index (χ0) is 21.8. The molecule has 0 unspecified atom stereocenters. The summed E-state index contributed by atoms with van der Waals surface area (Å²) >= 11 is 1.73. The van der Waals surface area contributed by atoms with E-state index in [1.54, 1.807) is 17.4 Å². The lowest BCUT2D eigenvalue weighted by molar-refractivity contribution is 0.181. The number of hydrogen-bond acceptors (Lipinski definition) is 7. The number of amidine groups is 1. The van der Waals surface area contributed by atoms with E-state index < -0.39 is 0 Å². The van der Waals surface area contributed by atoms with Gasteiger partial charge in [-0.1, -0.05) is 13.8 Å². The number of halogens is 1. The van der Waals surface area contributed by atoms with Crippen molar-refractivity contribution in [2.24, 2.45) is 22.6 Å². The Bertz CT molecular complexity index is 895. The van der Waals surface area contributed by atoms with Crippen molar-refractivity contribution in [2.45, 2.75) is 46.7 Å². The van der Waals surface area contributed by atoms with Gasteiger partial charge in [0.2, 0.25) is 0 Å². The van der Waals surface area contributed by atoms with Crippen LogP contribution in [0.2, 0.25) is 0 Å². The van der Waals surface area contributed by atoms with Crippen LogP contribution in [-0.2, 0) is 13.0 Å². The van der Waals surface area contributed by atoms with Crippen LogP contribution in [-0.4, -0.2) is 41.4 Å². The summed E-state index contributed by atoms with van der Waals surface area (Å²) in [6, 6.07) is 3.89. The standard InChI is InChI=1S/C21H32FN7S/c1-13(2)7-16-8-17(22)20(21(23)26-27-24)18(9-16)29-6-5-28(14(3)11-29)12-19-25-10-15(4)30-19/h8-10,13-14,27H,5-7,11-12,24H2,1-4H3,(H2,23,26)/t14-/m0/s1. The van der Waals surface area contributed by atoms with Gasteiger partial charge >= 0.3 is 0 Å². The molecule has 0 spiro atoms. The predicted octanol–water partition coefficient (Wildman–Crippen LogP) is 2.58. The molecule has 0 bridgehead atoms. The fourth-order valence-electron chi connectivity index (χ4n) is 3.96. The van der Waals surface area contributed by atoms with Crippen molar-refractivity contribution in [1.82, 2.24) is 15.4 Å². The number of hydrazone groups is 1. The number of aryl methyl sites for hydroxylation is 1. The van der Waals surface area contributed by atoms with Gasteiger partial charge < -0.3 is 10.6 Å². The third-order valence-corrected chi connectivity index (χ3v) is 6.23. The first kappa shape index (κ1) is 22.5. The molecule has 1 aliphatic rings. The number of nitrogens with one attached hydrogen (secondary N) is 1. The molecule has 0 aliphatic carbocycles. The number of anilines is 1. The van der Waals surface area contributed by atoms with Crippen LogP contribution in [0.3, 0.4) is 0 Å². The van der Waals surface area contributed by atoms with Gasteiger partial charge in [-0.3, -0.25) is 4.90 Å². The molecule has 0 amide bonds. The summed E-state index contributed by atoms with van der Waals surface area (Å²) in [5.74, 6) is 5.40. The maximum Gasteiger partial charge on any atom is 0.157 e. The fraction of sp³-hybridized carbons (Fsp3) is 0.524. The molecule has 2 aromatic rings. The Hall–Kier alpha value is -2.23. The van der Waals surface area contributed by atoms with Crippen LogP contribution in [0.4, 0.5) is 10.1 Å². The topological polar surface area (TPSA) is 95.8 Å². The summed E-state index contributed by atoms with van der Waals surface area (Å²) < 4.78 is 15.1. The van der Waals surface area contributed by atoms with E-state index in [1.165, 1.54) is 4.88 Å². The van der Waals surface area contributed by atoms with Crippen molar-refractivity contribution in [3.05, 3.63) is 45.2 Å². The summed E-state index contributed by atoms with van der Waals surface area (Å²) in [5.41, 5.74) is 10.3. The van der Waals surface area contributed by atoms with E-state index in [9.17, 15) is 0 Å². The molecule has 1 fully saturated rings. The third kappa shape index (κ3) is 5.27. The molecule has 0 radical (unpaired) electrons. The van der Waals surface area contributed by atoms with Crippen molar-refractivity contribution >= 4 is 22.9 Å². The number of rotatable bonds is 7. The molecule has 2 heterocycles. The van der Waals surface area contributed by atoms with E-state index in [1.807, 2.05) is 12.3 Å². The Morgan fingerprint density at radius 1 is 1.40 bits per heavy atom. The summed E-state index contributed by atoms with van der Waals surface area (Å²) in [6.45, 7) is 11.8. The average molecular weight is 434 g/mol. The van der Waals surface area contributed by atoms with Crippen molar-refractivity contribution in [3.8, 4) is 0 Å². The lowest BCUT2D eigenvalue weighted by Crippen LogP contribution is -2.52. The Morgan fingerprint density at radius 2 is 2.17 bits per heavy atom. The molecule has 164 valence electrons. The van der Waals surface area contributed by atoms with Crippen LogP contribution in [0, 0.1) is 18.7 Å². The van der Waals surface area contributed by atoms with E-state index in [4.69, 9.17) is 11.6 Å². The number of hydrogen-bond donors (Lipinski definition) is 3. The quantitative estimate of drug-likeness (QED) is 0.269. The molecule has 1 aromatic heterocycles. The Morgan fingerprint density at radius 3 is 2.77 bits per heavy atom. The normalized spacial score (nSPS) is 18.3. The van der Waals surface area contributed by atoms with Crippen molar-refractivity contribution in [3.63, 3.8) is 0 Å². The Kier molecular flexibility index (Phi) is 7.27. The highest BCUT2D eigenvalue weighted by Crippen LogP contribution is 2.29. The number of nitrogens with zero attached hydrogens (tertiary/aromatic N) is 4. The molecule has 1 saturated heterocycles. The van der Waals surface area contributed by atoms with E-state index in [0.29, 0.717) is 17.5 Å². The molecule has 1 atom stereocenters. The fourth-order valence-corrected chi connectivity index (χ4v) is 4.77. The second-order valence-electron chi connectivity index (χ2n) is 8.33. The molecule has 1 aliphatic heterocycles. The number of thiazole rings is 1. The second kappa shape index (κ2) is 9.72.